The van der Waals surface area contributed by atoms with Crippen LogP contribution in [-0.2, 0) is 0 Å². The number of nitrogens with zero attached hydrogens (tertiary/aromatic N) is 3. The van der Waals surface area contributed by atoms with E-state index >= 15 is 0 Å². The number of hydrogen-bond donors (Lipinski definition) is 2. The Morgan fingerprint density at radius 3 is 2.48 bits per heavy atom. The Morgan fingerprint density at radius 2 is 1.70 bits per heavy atom. The van der Waals surface area contributed by atoms with Crippen LogP contribution in [0.1, 0.15) is 5.69 Å². The number of anilines is 2. The molecule has 3 aromatic rings. The number of hydrazine groups is 1. The van der Waals surface area contributed by atoms with E-state index < -0.39 is 0 Å². The molecule has 0 atom stereocenters. The quantitative estimate of drug-likeness (QED) is 0.570. The molecule has 0 bridgehead atoms. The van der Waals surface area contributed by atoms with E-state index in [1.54, 1.807) is 5.01 Å². The van der Waals surface area contributed by atoms with Gasteiger partial charge in [0.1, 0.15) is 0 Å². The van der Waals surface area contributed by atoms with Crippen LogP contribution in [0.2, 0.25) is 0 Å². The molecule has 116 valence electrons. The van der Waals surface area contributed by atoms with Gasteiger partial charge in [-0.25, -0.2) is 9.97 Å². The third kappa shape index (κ3) is 3.54. The van der Waals surface area contributed by atoms with Gasteiger partial charge in [0.25, 0.3) is 0 Å². The number of benzene rings is 2. The summed E-state index contributed by atoms with van der Waals surface area (Å²) in [5.41, 5.74) is 5.83. The standard InChI is InChI=1S/C17H17N5S/c1-12-14-10-6-7-11-15(14)20-16(18-12)22(2)21-17(23)19-13-8-4-3-5-9-13/h3-11H,1-2H3,(H2,19,21,23). The molecule has 0 aliphatic rings. The van der Waals surface area contributed by atoms with Crippen LogP contribution in [0.4, 0.5) is 11.6 Å². The van der Waals surface area contributed by atoms with Gasteiger partial charge in [0.05, 0.1) is 11.2 Å². The molecule has 0 amide bonds. The molecule has 0 saturated heterocycles. The summed E-state index contributed by atoms with van der Waals surface area (Å²) in [5, 5.41) is 6.35. The highest BCUT2D eigenvalue weighted by atomic mass is 32.1. The number of thiocarbonyl (C=S) groups is 1. The average Bonchev–Trinajstić information content (AvgIpc) is 2.55. The highest BCUT2D eigenvalue weighted by Crippen LogP contribution is 2.17. The van der Waals surface area contributed by atoms with Gasteiger partial charge < -0.3 is 5.32 Å². The van der Waals surface area contributed by atoms with Crippen molar-refractivity contribution >= 4 is 39.9 Å². The van der Waals surface area contributed by atoms with E-state index in [0.29, 0.717) is 11.1 Å². The predicted molar refractivity (Wildman–Crippen MR) is 98.5 cm³/mol. The molecular formula is C17H17N5S. The lowest BCUT2D eigenvalue weighted by Crippen LogP contribution is -2.42. The highest BCUT2D eigenvalue weighted by Gasteiger charge is 2.09. The summed E-state index contributed by atoms with van der Waals surface area (Å²) in [4.78, 5) is 9.09. The van der Waals surface area contributed by atoms with E-state index in [0.717, 1.165) is 22.3 Å². The monoisotopic (exact) mass is 323 g/mol. The molecule has 0 spiro atoms. The van der Waals surface area contributed by atoms with Crippen LogP contribution in [0, 0.1) is 6.92 Å². The molecule has 23 heavy (non-hydrogen) atoms. The number of hydrogen-bond acceptors (Lipinski definition) is 4. The molecule has 0 unspecified atom stereocenters. The van der Waals surface area contributed by atoms with Crippen molar-refractivity contribution < 1.29 is 0 Å². The molecule has 1 heterocycles. The van der Waals surface area contributed by atoms with Crippen molar-refractivity contribution in [3.8, 4) is 0 Å². The second-order valence-electron chi connectivity index (χ2n) is 5.12. The van der Waals surface area contributed by atoms with Crippen LogP contribution >= 0.6 is 12.2 Å². The first-order valence-electron chi connectivity index (χ1n) is 7.23. The van der Waals surface area contributed by atoms with Crippen LogP contribution < -0.4 is 15.8 Å². The third-order valence-electron chi connectivity index (χ3n) is 3.38. The molecule has 0 fully saturated rings. The van der Waals surface area contributed by atoms with Crippen LogP contribution in [0.5, 0.6) is 0 Å². The van der Waals surface area contributed by atoms with Gasteiger partial charge in [0.2, 0.25) is 5.95 Å². The van der Waals surface area contributed by atoms with Gasteiger partial charge in [-0.1, -0.05) is 36.4 Å². The largest absolute Gasteiger partial charge is 0.331 e. The predicted octanol–water partition coefficient (Wildman–Crippen LogP) is 3.28. The van der Waals surface area contributed by atoms with Crippen LogP contribution in [0.15, 0.2) is 54.6 Å². The molecule has 2 aromatic carbocycles. The lowest BCUT2D eigenvalue weighted by molar-refractivity contribution is 0.837. The van der Waals surface area contributed by atoms with Crippen molar-refractivity contribution in [2.24, 2.45) is 0 Å². The minimum absolute atomic E-state index is 0.480. The van der Waals surface area contributed by atoms with Gasteiger partial charge in [-0.2, -0.15) is 0 Å². The topological polar surface area (TPSA) is 53.1 Å². The van der Waals surface area contributed by atoms with Crippen molar-refractivity contribution in [3.63, 3.8) is 0 Å². The number of rotatable bonds is 3. The van der Waals surface area contributed by atoms with E-state index in [2.05, 4.69) is 20.7 Å². The van der Waals surface area contributed by atoms with Crippen molar-refractivity contribution in [2.45, 2.75) is 6.92 Å². The zero-order valence-electron chi connectivity index (χ0n) is 12.9. The Bertz CT molecular complexity index is 835. The molecule has 0 aliphatic heterocycles. The second kappa shape index (κ2) is 6.58. The Kier molecular flexibility index (Phi) is 4.34. The fraction of sp³-hybridized carbons (Fsp3) is 0.118. The summed E-state index contributed by atoms with van der Waals surface area (Å²) in [6, 6.07) is 17.7. The Labute approximate surface area is 140 Å². The normalized spacial score (nSPS) is 10.3. The Hall–Kier alpha value is -2.73. The van der Waals surface area contributed by atoms with Crippen molar-refractivity contribution in [1.29, 1.82) is 0 Å². The van der Waals surface area contributed by atoms with Crippen molar-refractivity contribution in [3.05, 3.63) is 60.3 Å². The van der Waals surface area contributed by atoms with E-state index in [1.165, 1.54) is 0 Å². The SMILES string of the molecule is Cc1nc(N(C)NC(=S)Nc2ccccc2)nc2ccccc12. The zero-order chi connectivity index (χ0) is 16.2. The smallest absolute Gasteiger partial charge is 0.244 e. The summed E-state index contributed by atoms with van der Waals surface area (Å²) in [7, 11) is 1.84. The van der Waals surface area contributed by atoms with Crippen LogP contribution in [-0.4, -0.2) is 22.1 Å². The maximum Gasteiger partial charge on any atom is 0.244 e. The molecule has 0 radical (unpaired) electrons. The summed E-state index contributed by atoms with van der Waals surface area (Å²) in [6.45, 7) is 1.97. The van der Waals surface area contributed by atoms with Crippen LogP contribution in [0.25, 0.3) is 10.9 Å². The molecule has 5 nitrogen and oxygen atoms in total. The van der Waals surface area contributed by atoms with E-state index in [-0.39, 0.29) is 0 Å². The number of aromatic nitrogens is 2. The number of nitrogens with one attached hydrogen (secondary N) is 2. The second-order valence-corrected chi connectivity index (χ2v) is 5.53. The molecular weight excluding hydrogens is 306 g/mol. The van der Waals surface area contributed by atoms with Gasteiger partial charge >= 0.3 is 0 Å². The Balaban J connectivity index is 1.75. The first kappa shape index (κ1) is 15.2. The lowest BCUT2D eigenvalue weighted by atomic mass is 10.2. The van der Waals surface area contributed by atoms with Gasteiger partial charge in [-0.05, 0) is 37.3 Å². The molecule has 3 rings (SSSR count). The lowest BCUT2D eigenvalue weighted by Gasteiger charge is -2.21. The van der Waals surface area contributed by atoms with Crippen molar-refractivity contribution in [1.82, 2.24) is 15.4 Å². The zero-order valence-corrected chi connectivity index (χ0v) is 13.8. The molecule has 1 aromatic heterocycles. The summed E-state index contributed by atoms with van der Waals surface area (Å²) >= 11 is 5.32. The number of aryl methyl sites for hydroxylation is 1. The maximum absolute atomic E-state index is 5.32. The van der Waals surface area contributed by atoms with Crippen LogP contribution in [0.3, 0.4) is 0 Å². The third-order valence-corrected chi connectivity index (χ3v) is 3.58. The fourth-order valence-electron chi connectivity index (χ4n) is 2.25. The van der Waals surface area contributed by atoms with Crippen molar-refractivity contribution in [2.75, 3.05) is 17.4 Å². The first-order valence-corrected chi connectivity index (χ1v) is 7.64. The van der Waals surface area contributed by atoms with Gasteiger partial charge in [0.15, 0.2) is 5.11 Å². The van der Waals surface area contributed by atoms with Gasteiger partial charge in [-0.15, -0.1) is 0 Å². The summed E-state index contributed by atoms with van der Waals surface area (Å²) in [6.07, 6.45) is 0. The van der Waals surface area contributed by atoms with E-state index in [4.69, 9.17) is 12.2 Å². The summed E-state index contributed by atoms with van der Waals surface area (Å²) in [5.74, 6) is 0.568. The fourth-order valence-corrected chi connectivity index (χ4v) is 2.51. The first-order chi connectivity index (χ1) is 11.1. The van der Waals surface area contributed by atoms with E-state index in [1.807, 2.05) is 68.6 Å². The Morgan fingerprint density at radius 1 is 1.00 bits per heavy atom. The average molecular weight is 323 g/mol. The van der Waals surface area contributed by atoms with E-state index in [9.17, 15) is 0 Å². The summed E-state index contributed by atoms with van der Waals surface area (Å²) < 4.78 is 0. The highest BCUT2D eigenvalue weighted by molar-refractivity contribution is 7.80. The molecule has 0 aliphatic carbocycles. The number of fused-ring (bicyclic) bond motifs is 1. The minimum atomic E-state index is 0.480. The number of para-hydroxylation sites is 2. The molecule has 2 N–H and O–H groups in total. The van der Waals surface area contributed by atoms with Gasteiger partial charge in [0, 0.05) is 18.1 Å². The van der Waals surface area contributed by atoms with Gasteiger partial charge in [-0.3, -0.25) is 10.4 Å². The maximum atomic E-state index is 5.32. The molecule has 6 heteroatoms. The molecule has 0 saturated carbocycles. The minimum Gasteiger partial charge on any atom is -0.331 e.